The van der Waals surface area contributed by atoms with Crippen molar-refractivity contribution >= 4 is 11.3 Å². The van der Waals surface area contributed by atoms with Crippen molar-refractivity contribution in [3.63, 3.8) is 0 Å². The third kappa shape index (κ3) is 2.98. The molecule has 6 nitrogen and oxygen atoms in total. The SMILES string of the molecule is Cc1nn2cnnc2c(N2CCC(O)(Cc3ccccc3)CC2)c1C. The van der Waals surface area contributed by atoms with Crippen molar-refractivity contribution in [3.05, 3.63) is 53.5 Å². The van der Waals surface area contributed by atoms with Gasteiger partial charge in [-0.1, -0.05) is 30.3 Å². The number of fused-ring (bicyclic) bond motifs is 1. The number of aryl methyl sites for hydroxylation is 1. The number of benzene rings is 1. The summed E-state index contributed by atoms with van der Waals surface area (Å²) in [6, 6.07) is 10.2. The van der Waals surface area contributed by atoms with Crippen LogP contribution in [0.25, 0.3) is 5.65 Å². The number of nitrogens with zero attached hydrogens (tertiary/aromatic N) is 5. The second kappa shape index (κ2) is 6.11. The van der Waals surface area contributed by atoms with E-state index in [2.05, 4.69) is 39.3 Å². The van der Waals surface area contributed by atoms with E-state index in [1.165, 1.54) is 5.56 Å². The first-order chi connectivity index (χ1) is 12.1. The average molecular weight is 337 g/mol. The largest absolute Gasteiger partial charge is 0.389 e. The van der Waals surface area contributed by atoms with Gasteiger partial charge in [-0.25, -0.2) is 0 Å². The molecule has 1 aliphatic rings. The molecule has 1 saturated heterocycles. The minimum absolute atomic E-state index is 0.641. The van der Waals surface area contributed by atoms with Crippen molar-refractivity contribution in [1.82, 2.24) is 19.8 Å². The highest BCUT2D eigenvalue weighted by molar-refractivity contribution is 5.72. The molecule has 0 saturated carbocycles. The molecule has 1 fully saturated rings. The number of piperidine rings is 1. The van der Waals surface area contributed by atoms with E-state index < -0.39 is 5.60 Å². The highest BCUT2D eigenvalue weighted by Gasteiger charge is 2.34. The van der Waals surface area contributed by atoms with Crippen LogP contribution in [0.4, 0.5) is 5.69 Å². The molecular weight excluding hydrogens is 314 g/mol. The molecule has 0 radical (unpaired) electrons. The first-order valence-corrected chi connectivity index (χ1v) is 8.74. The van der Waals surface area contributed by atoms with Crippen LogP contribution in [0.1, 0.15) is 29.7 Å². The molecule has 1 aliphatic heterocycles. The van der Waals surface area contributed by atoms with Crippen LogP contribution < -0.4 is 4.90 Å². The zero-order valence-corrected chi connectivity index (χ0v) is 14.7. The molecule has 0 amide bonds. The Morgan fingerprint density at radius 2 is 1.84 bits per heavy atom. The first-order valence-electron chi connectivity index (χ1n) is 8.74. The fourth-order valence-electron chi connectivity index (χ4n) is 3.71. The first kappa shape index (κ1) is 16.0. The lowest BCUT2D eigenvalue weighted by Gasteiger charge is -2.40. The minimum Gasteiger partial charge on any atom is -0.389 e. The lowest BCUT2D eigenvalue weighted by Crippen LogP contribution is -2.46. The molecule has 1 aromatic carbocycles. The number of hydrogen-bond donors (Lipinski definition) is 1. The summed E-state index contributed by atoms with van der Waals surface area (Å²) in [7, 11) is 0. The summed E-state index contributed by atoms with van der Waals surface area (Å²) in [4.78, 5) is 2.31. The maximum atomic E-state index is 11.0. The van der Waals surface area contributed by atoms with Gasteiger partial charge in [0.25, 0.3) is 0 Å². The maximum absolute atomic E-state index is 11.0. The molecule has 3 aromatic rings. The predicted molar refractivity (Wildman–Crippen MR) is 96.8 cm³/mol. The second-order valence-corrected chi connectivity index (χ2v) is 7.03. The van der Waals surface area contributed by atoms with E-state index in [0.29, 0.717) is 6.42 Å². The lowest BCUT2D eigenvalue weighted by molar-refractivity contribution is 0.0165. The van der Waals surface area contributed by atoms with E-state index in [1.807, 2.05) is 25.1 Å². The number of rotatable bonds is 3. The van der Waals surface area contributed by atoms with E-state index in [9.17, 15) is 5.11 Å². The van der Waals surface area contributed by atoms with Crippen molar-refractivity contribution in [3.8, 4) is 0 Å². The number of aromatic nitrogens is 4. The number of aliphatic hydroxyl groups is 1. The molecule has 0 spiro atoms. The normalized spacial score (nSPS) is 17.2. The molecule has 1 N–H and O–H groups in total. The zero-order valence-electron chi connectivity index (χ0n) is 14.7. The summed E-state index contributed by atoms with van der Waals surface area (Å²) < 4.78 is 1.74. The Morgan fingerprint density at radius 3 is 2.56 bits per heavy atom. The van der Waals surface area contributed by atoms with Crippen molar-refractivity contribution in [2.24, 2.45) is 0 Å². The van der Waals surface area contributed by atoms with Crippen molar-refractivity contribution < 1.29 is 5.11 Å². The van der Waals surface area contributed by atoms with Crippen LogP contribution in [0.3, 0.4) is 0 Å². The number of anilines is 1. The van der Waals surface area contributed by atoms with Gasteiger partial charge in [-0.3, -0.25) is 0 Å². The van der Waals surface area contributed by atoms with Crippen LogP contribution in [-0.2, 0) is 6.42 Å². The van der Waals surface area contributed by atoms with E-state index in [0.717, 1.165) is 48.5 Å². The van der Waals surface area contributed by atoms with Gasteiger partial charge in [0.05, 0.1) is 17.0 Å². The topological polar surface area (TPSA) is 66.5 Å². The smallest absolute Gasteiger partial charge is 0.201 e. The Labute approximate surface area is 147 Å². The quantitative estimate of drug-likeness (QED) is 0.794. The van der Waals surface area contributed by atoms with Crippen LogP contribution in [0, 0.1) is 13.8 Å². The van der Waals surface area contributed by atoms with Gasteiger partial charge in [0.1, 0.15) is 6.33 Å². The number of hydrogen-bond acceptors (Lipinski definition) is 5. The molecule has 2 aromatic heterocycles. The van der Waals surface area contributed by atoms with Gasteiger partial charge in [-0.05, 0) is 37.8 Å². The van der Waals surface area contributed by atoms with Gasteiger partial charge in [-0.15, -0.1) is 10.2 Å². The molecule has 0 unspecified atom stereocenters. The van der Waals surface area contributed by atoms with Gasteiger partial charge in [0.15, 0.2) is 0 Å². The van der Waals surface area contributed by atoms with Crippen molar-refractivity contribution in [1.29, 1.82) is 0 Å². The monoisotopic (exact) mass is 337 g/mol. The van der Waals surface area contributed by atoms with Gasteiger partial charge < -0.3 is 10.0 Å². The molecule has 0 aliphatic carbocycles. The Balaban J connectivity index is 1.56. The highest BCUT2D eigenvalue weighted by Crippen LogP contribution is 2.33. The van der Waals surface area contributed by atoms with Crippen molar-refractivity contribution in [2.75, 3.05) is 18.0 Å². The molecule has 4 rings (SSSR count). The van der Waals surface area contributed by atoms with E-state index in [4.69, 9.17) is 0 Å². The minimum atomic E-state index is -0.641. The Bertz CT molecular complexity index is 881. The fraction of sp³-hybridized carbons (Fsp3) is 0.421. The van der Waals surface area contributed by atoms with E-state index >= 15 is 0 Å². The Kier molecular flexibility index (Phi) is 3.92. The zero-order chi connectivity index (χ0) is 17.4. The van der Waals surface area contributed by atoms with Crippen LogP contribution in [0.15, 0.2) is 36.7 Å². The summed E-state index contributed by atoms with van der Waals surface area (Å²) >= 11 is 0. The van der Waals surface area contributed by atoms with Gasteiger partial charge in [0.2, 0.25) is 5.65 Å². The van der Waals surface area contributed by atoms with Crippen LogP contribution in [0.2, 0.25) is 0 Å². The summed E-state index contributed by atoms with van der Waals surface area (Å²) in [5.74, 6) is 0. The fourth-order valence-corrected chi connectivity index (χ4v) is 3.71. The van der Waals surface area contributed by atoms with E-state index in [1.54, 1.807) is 10.8 Å². The molecule has 3 heterocycles. The highest BCUT2D eigenvalue weighted by atomic mass is 16.3. The summed E-state index contributed by atoms with van der Waals surface area (Å²) in [5.41, 5.74) is 4.54. The second-order valence-electron chi connectivity index (χ2n) is 7.03. The van der Waals surface area contributed by atoms with Gasteiger partial charge >= 0.3 is 0 Å². The summed E-state index contributed by atoms with van der Waals surface area (Å²) in [5, 5.41) is 23.7. The molecule has 0 atom stereocenters. The molecular formula is C19H23N5O. The van der Waals surface area contributed by atoms with Gasteiger partial charge in [0, 0.05) is 19.5 Å². The molecule has 25 heavy (non-hydrogen) atoms. The van der Waals surface area contributed by atoms with Crippen LogP contribution in [0.5, 0.6) is 0 Å². The summed E-state index contributed by atoms with van der Waals surface area (Å²) in [6.07, 6.45) is 3.82. The standard InChI is InChI=1S/C19H23N5O/c1-14-15(2)22-24-13-20-21-18(24)17(14)23-10-8-19(25,9-11-23)12-16-6-4-3-5-7-16/h3-7,13,25H,8-12H2,1-2H3. The third-order valence-corrected chi connectivity index (χ3v) is 5.28. The van der Waals surface area contributed by atoms with Crippen LogP contribution in [-0.4, -0.2) is 43.6 Å². The maximum Gasteiger partial charge on any atom is 0.201 e. The Morgan fingerprint density at radius 1 is 1.12 bits per heavy atom. The van der Waals surface area contributed by atoms with E-state index in [-0.39, 0.29) is 0 Å². The lowest BCUT2D eigenvalue weighted by atomic mass is 9.85. The predicted octanol–water partition coefficient (Wildman–Crippen LogP) is 2.32. The molecule has 130 valence electrons. The average Bonchev–Trinajstić information content (AvgIpc) is 3.06. The van der Waals surface area contributed by atoms with Gasteiger partial charge in [-0.2, -0.15) is 9.61 Å². The molecule has 6 heteroatoms. The molecule has 0 bridgehead atoms. The summed E-state index contributed by atoms with van der Waals surface area (Å²) in [6.45, 7) is 5.69. The van der Waals surface area contributed by atoms with Crippen LogP contribution >= 0.6 is 0 Å². The third-order valence-electron chi connectivity index (χ3n) is 5.28. The van der Waals surface area contributed by atoms with Crippen molar-refractivity contribution in [2.45, 2.75) is 38.7 Å². The Hall–Kier alpha value is -2.47.